The van der Waals surface area contributed by atoms with Crippen LogP contribution in [0.2, 0.25) is 0 Å². The summed E-state index contributed by atoms with van der Waals surface area (Å²) in [6.07, 6.45) is 3.57. The maximum atomic E-state index is 12.9. The molecule has 3 heterocycles. The number of amides is 2. The van der Waals surface area contributed by atoms with Crippen LogP contribution in [0.25, 0.3) is 0 Å². The van der Waals surface area contributed by atoms with Crippen molar-refractivity contribution in [2.75, 3.05) is 39.3 Å². The molecule has 0 aromatic heterocycles. The Labute approximate surface area is 180 Å². The van der Waals surface area contributed by atoms with E-state index >= 15 is 0 Å². The summed E-state index contributed by atoms with van der Waals surface area (Å²) in [7, 11) is 0. The van der Waals surface area contributed by atoms with Gasteiger partial charge in [-0.3, -0.25) is 9.59 Å². The second kappa shape index (κ2) is 9.94. The summed E-state index contributed by atoms with van der Waals surface area (Å²) in [5, 5.41) is 0. The minimum Gasteiger partial charge on any atom is -0.342 e. The van der Waals surface area contributed by atoms with Gasteiger partial charge >= 0.3 is 0 Å². The Bertz CT molecular complexity index is 691. The van der Waals surface area contributed by atoms with Crippen molar-refractivity contribution in [3.05, 3.63) is 35.9 Å². The number of carbonyl (C=O) groups is 2. The normalized spacial score (nSPS) is 25.6. The SMILES string of the molecule is CCN1CCC(CC(=O)N2C[C@H]3CN(Cc4ccccc4)C(=O)C[C@H]3C2)CC1.Cl. The number of carbonyl (C=O) groups excluding carboxylic acids is 2. The molecule has 0 spiro atoms. The molecule has 3 aliphatic heterocycles. The van der Waals surface area contributed by atoms with E-state index in [0.717, 1.165) is 52.1 Å². The third-order valence-electron chi connectivity index (χ3n) is 7.01. The topological polar surface area (TPSA) is 43.9 Å². The lowest BCUT2D eigenvalue weighted by atomic mass is 9.88. The van der Waals surface area contributed by atoms with E-state index in [2.05, 4.69) is 28.9 Å². The lowest BCUT2D eigenvalue weighted by Crippen LogP contribution is -2.43. The van der Waals surface area contributed by atoms with Gasteiger partial charge in [0.25, 0.3) is 0 Å². The van der Waals surface area contributed by atoms with E-state index < -0.39 is 0 Å². The van der Waals surface area contributed by atoms with Gasteiger partial charge in [-0.05, 0) is 55.8 Å². The predicted octanol–water partition coefficient (Wildman–Crippen LogP) is 3.04. The molecular weight excluding hydrogens is 386 g/mol. The fourth-order valence-corrected chi connectivity index (χ4v) is 5.16. The van der Waals surface area contributed by atoms with Gasteiger partial charge in [-0.15, -0.1) is 12.4 Å². The summed E-state index contributed by atoms with van der Waals surface area (Å²) in [6, 6.07) is 10.2. The molecule has 5 nitrogen and oxygen atoms in total. The highest BCUT2D eigenvalue weighted by atomic mass is 35.5. The number of benzene rings is 1. The van der Waals surface area contributed by atoms with E-state index in [4.69, 9.17) is 0 Å². The molecule has 0 radical (unpaired) electrons. The average Bonchev–Trinajstić information content (AvgIpc) is 3.12. The molecule has 4 rings (SSSR count). The molecule has 29 heavy (non-hydrogen) atoms. The molecule has 0 bridgehead atoms. The van der Waals surface area contributed by atoms with E-state index in [1.807, 2.05) is 23.1 Å². The number of halogens is 1. The van der Waals surface area contributed by atoms with Crippen molar-refractivity contribution in [1.29, 1.82) is 0 Å². The van der Waals surface area contributed by atoms with Gasteiger partial charge in [0.15, 0.2) is 0 Å². The standard InChI is InChI=1S/C23H33N3O2.ClH/c1-2-24-10-8-18(9-11-24)12-22(27)26-15-20-13-23(28)25(16-21(20)17-26)14-19-6-4-3-5-7-19;/h3-7,18,20-21H,2,8-17H2,1H3;1H/t20-,21+;/m0./s1. The largest absolute Gasteiger partial charge is 0.342 e. The van der Waals surface area contributed by atoms with E-state index in [0.29, 0.717) is 43.0 Å². The number of hydrogen-bond acceptors (Lipinski definition) is 3. The van der Waals surface area contributed by atoms with E-state index in [9.17, 15) is 9.59 Å². The van der Waals surface area contributed by atoms with Crippen molar-refractivity contribution < 1.29 is 9.59 Å². The van der Waals surface area contributed by atoms with Gasteiger partial charge in [-0.25, -0.2) is 0 Å². The van der Waals surface area contributed by atoms with Gasteiger partial charge < -0.3 is 14.7 Å². The predicted molar refractivity (Wildman–Crippen MR) is 117 cm³/mol. The van der Waals surface area contributed by atoms with Gasteiger partial charge in [0, 0.05) is 39.0 Å². The molecule has 0 N–H and O–H groups in total. The maximum Gasteiger partial charge on any atom is 0.223 e. The van der Waals surface area contributed by atoms with Crippen molar-refractivity contribution in [2.45, 2.75) is 39.2 Å². The van der Waals surface area contributed by atoms with Crippen LogP contribution in [0.5, 0.6) is 0 Å². The highest BCUT2D eigenvalue weighted by Gasteiger charge is 2.42. The summed E-state index contributed by atoms with van der Waals surface area (Å²) >= 11 is 0. The summed E-state index contributed by atoms with van der Waals surface area (Å²) in [5.74, 6) is 1.88. The fraction of sp³-hybridized carbons (Fsp3) is 0.652. The Morgan fingerprint density at radius 2 is 1.72 bits per heavy atom. The zero-order chi connectivity index (χ0) is 19.5. The van der Waals surface area contributed by atoms with Crippen molar-refractivity contribution >= 4 is 24.2 Å². The number of nitrogens with zero attached hydrogens (tertiary/aromatic N) is 3. The second-order valence-electron chi connectivity index (χ2n) is 8.86. The van der Waals surface area contributed by atoms with Crippen molar-refractivity contribution in [1.82, 2.24) is 14.7 Å². The average molecular weight is 420 g/mol. The minimum absolute atomic E-state index is 0. The lowest BCUT2D eigenvalue weighted by molar-refractivity contribution is -0.137. The van der Waals surface area contributed by atoms with Crippen LogP contribution in [-0.4, -0.2) is 65.8 Å². The molecule has 0 saturated carbocycles. The van der Waals surface area contributed by atoms with Gasteiger partial charge in [-0.2, -0.15) is 0 Å². The first-order valence-corrected chi connectivity index (χ1v) is 10.9. The molecule has 1 aromatic carbocycles. The van der Waals surface area contributed by atoms with Crippen molar-refractivity contribution in [3.63, 3.8) is 0 Å². The summed E-state index contributed by atoms with van der Waals surface area (Å²) in [5.41, 5.74) is 1.18. The highest BCUT2D eigenvalue weighted by Crippen LogP contribution is 2.33. The highest BCUT2D eigenvalue weighted by molar-refractivity contribution is 5.85. The van der Waals surface area contributed by atoms with Crippen LogP contribution in [0.1, 0.15) is 38.2 Å². The Balaban J connectivity index is 0.00000240. The Kier molecular flexibility index (Phi) is 7.58. The van der Waals surface area contributed by atoms with Crippen LogP contribution in [0.15, 0.2) is 30.3 Å². The summed E-state index contributed by atoms with van der Waals surface area (Å²) in [4.78, 5) is 32.0. The van der Waals surface area contributed by atoms with Crippen molar-refractivity contribution in [2.24, 2.45) is 17.8 Å². The molecule has 2 amide bonds. The first kappa shape index (κ1) is 22.1. The van der Waals surface area contributed by atoms with E-state index in [1.54, 1.807) is 0 Å². The van der Waals surface area contributed by atoms with Crippen molar-refractivity contribution in [3.8, 4) is 0 Å². The molecule has 3 fully saturated rings. The fourth-order valence-electron chi connectivity index (χ4n) is 5.16. The van der Waals surface area contributed by atoms with E-state index in [-0.39, 0.29) is 18.3 Å². The van der Waals surface area contributed by atoms with Crippen LogP contribution in [-0.2, 0) is 16.1 Å². The Hall–Kier alpha value is -1.59. The van der Waals surface area contributed by atoms with E-state index in [1.165, 1.54) is 5.56 Å². The lowest BCUT2D eigenvalue weighted by Gasteiger charge is -2.34. The molecular formula is C23H34ClN3O2. The molecule has 1 aromatic rings. The van der Waals surface area contributed by atoms with Crippen LogP contribution < -0.4 is 0 Å². The first-order chi connectivity index (χ1) is 13.6. The van der Waals surface area contributed by atoms with Gasteiger partial charge in [0.2, 0.25) is 11.8 Å². The summed E-state index contributed by atoms with van der Waals surface area (Å²) < 4.78 is 0. The molecule has 2 atom stereocenters. The molecule has 0 unspecified atom stereocenters. The number of rotatable bonds is 5. The molecule has 3 aliphatic rings. The monoisotopic (exact) mass is 419 g/mol. The zero-order valence-electron chi connectivity index (χ0n) is 17.5. The zero-order valence-corrected chi connectivity index (χ0v) is 18.3. The quantitative estimate of drug-likeness (QED) is 0.736. The maximum absolute atomic E-state index is 12.9. The first-order valence-electron chi connectivity index (χ1n) is 10.9. The number of hydrogen-bond donors (Lipinski definition) is 0. The smallest absolute Gasteiger partial charge is 0.223 e. The van der Waals surface area contributed by atoms with Crippen LogP contribution in [0.4, 0.5) is 0 Å². The summed E-state index contributed by atoms with van der Waals surface area (Å²) in [6.45, 7) is 8.66. The molecule has 3 saturated heterocycles. The third-order valence-corrected chi connectivity index (χ3v) is 7.01. The number of piperidine rings is 2. The third kappa shape index (κ3) is 5.32. The van der Waals surface area contributed by atoms with Gasteiger partial charge in [0.1, 0.15) is 0 Å². The van der Waals surface area contributed by atoms with Crippen LogP contribution in [0, 0.1) is 17.8 Å². The minimum atomic E-state index is 0. The number of likely N-dealkylation sites (tertiary alicyclic amines) is 3. The molecule has 6 heteroatoms. The number of fused-ring (bicyclic) bond motifs is 1. The van der Waals surface area contributed by atoms with Crippen LogP contribution >= 0.6 is 12.4 Å². The van der Waals surface area contributed by atoms with Gasteiger partial charge in [0.05, 0.1) is 0 Å². The van der Waals surface area contributed by atoms with Crippen LogP contribution in [0.3, 0.4) is 0 Å². The Morgan fingerprint density at radius 3 is 2.41 bits per heavy atom. The molecule has 0 aliphatic carbocycles. The Morgan fingerprint density at radius 1 is 1.03 bits per heavy atom. The second-order valence-corrected chi connectivity index (χ2v) is 8.86. The molecule has 160 valence electrons. The van der Waals surface area contributed by atoms with Gasteiger partial charge in [-0.1, -0.05) is 37.3 Å².